The van der Waals surface area contributed by atoms with Crippen LogP contribution in [0, 0.1) is 0 Å². The molecule has 1 heterocycles. The highest BCUT2D eigenvalue weighted by molar-refractivity contribution is 6.30. The summed E-state index contributed by atoms with van der Waals surface area (Å²) >= 11 is 6.05. The Morgan fingerprint density at radius 2 is 1.95 bits per heavy atom. The summed E-state index contributed by atoms with van der Waals surface area (Å²) in [6.45, 7) is 8.77. The van der Waals surface area contributed by atoms with Gasteiger partial charge in [-0.2, -0.15) is 0 Å². The lowest BCUT2D eigenvalue weighted by atomic mass is 10.2. The van der Waals surface area contributed by atoms with Crippen LogP contribution in [0.2, 0.25) is 5.02 Å². The van der Waals surface area contributed by atoms with E-state index in [1.807, 2.05) is 39.0 Å². The summed E-state index contributed by atoms with van der Waals surface area (Å²) in [4.78, 5) is 16.2. The molecule has 0 aliphatic carbocycles. The van der Waals surface area contributed by atoms with Gasteiger partial charge in [-0.1, -0.05) is 17.7 Å². The third-order valence-corrected chi connectivity index (χ3v) is 3.56. The third kappa shape index (κ3) is 4.81. The lowest BCUT2D eigenvalue weighted by Gasteiger charge is -2.27. The van der Waals surface area contributed by atoms with Gasteiger partial charge in [-0.3, -0.25) is 0 Å². The summed E-state index contributed by atoms with van der Waals surface area (Å²) in [7, 11) is 0. The standard InChI is InChI=1S/C16H23ClN2O2/c1-16(2,3)21-15(20)19-9-5-8-18(10-11-19)14-7-4-6-13(17)12-14/h4,6-7,12H,5,8-11H2,1-3H3. The largest absolute Gasteiger partial charge is 0.444 e. The van der Waals surface area contributed by atoms with Gasteiger partial charge in [0.1, 0.15) is 5.60 Å². The molecule has 1 saturated heterocycles. The van der Waals surface area contributed by atoms with Crippen LogP contribution in [-0.2, 0) is 4.74 Å². The molecule has 1 aromatic rings. The monoisotopic (exact) mass is 310 g/mol. The predicted octanol–water partition coefficient (Wildman–Crippen LogP) is 3.79. The molecule has 0 bridgehead atoms. The first-order chi connectivity index (χ1) is 9.85. The summed E-state index contributed by atoms with van der Waals surface area (Å²) in [5, 5.41) is 0.737. The Kier molecular flexibility index (Phi) is 4.99. The van der Waals surface area contributed by atoms with E-state index in [1.165, 1.54) is 0 Å². The Morgan fingerprint density at radius 3 is 2.62 bits per heavy atom. The van der Waals surface area contributed by atoms with E-state index in [0.29, 0.717) is 6.54 Å². The third-order valence-electron chi connectivity index (χ3n) is 3.32. The normalized spacial score (nSPS) is 16.6. The molecule has 1 aliphatic rings. The highest BCUT2D eigenvalue weighted by atomic mass is 35.5. The minimum absolute atomic E-state index is 0.226. The van der Waals surface area contributed by atoms with Crippen LogP contribution in [0.3, 0.4) is 0 Å². The molecule has 0 radical (unpaired) electrons. The van der Waals surface area contributed by atoms with E-state index in [-0.39, 0.29) is 6.09 Å². The molecule has 21 heavy (non-hydrogen) atoms. The lowest BCUT2D eigenvalue weighted by Crippen LogP contribution is -2.39. The lowest BCUT2D eigenvalue weighted by molar-refractivity contribution is 0.0263. The van der Waals surface area contributed by atoms with Crippen LogP contribution >= 0.6 is 11.6 Å². The van der Waals surface area contributed by atoms with Crippen molar-refractivity contribution in [1.29, 1.82) is 0 Å². The molecule has 116 valence electrons. The molecule has 2 rings (SSSR count). The van der Waals surface area contributed by atoms with Gasteiger partial charge < -0.3 is 14.5 Å². The molecule has 5 heteroatoms. The number of nitrogens with zero attached hydrogens (tertiary/aromatic N) is 2. The first-order valence-corrected chi connectivity index (χ1v) is 7.71. The number of ether oxygens (including phenoxy) is 1. The predicted molar refractivity (Wildman–Crippen MR) is 86.1 cm³/mol. The van der Waals surface area contributed by atoms with Crippen LogP contribution < -0.4 is 4.90 Å². The number of anilines is 1. The summed E-state index contributed by atoms with van der Waals surface area (Å²) in [6.07, 6.45) is 0.696. The highest BCUT2D eigenvalue weighted by Crippen LogP contribution is 2.21. The average Bonchev–Trinajstić information content (AvgIpc) is 2.62. The smallest absolute Gasteiger partial charge is 0.410 e. The van der Waals surface area contributed by atoms with Gasteiger partial charge in [0.05, 0.1) is 0 Å². The van der Waals surface area contributed by atoms with Crippen molar-refractivity contribution in [2.45, 2.75) is 32.8 Å². The fourth-order valence-electron chi connectivity index (χ4n) is 2.36. The van der Waals surface area contributed by atoms with Gasteiger partial charge in [0.2, 0.25) is 0 Å². The van der Waals surface area contributed by atoms with Gasteiger partial charge in [-0.05, 0) is 45.4 Å². The number of halogens is 1. The molecule has 0 N–H and O–H groups in total. The van der Waals surface area contributed by atoms with Gasteiger partial charge >= 0.3 is 6.09 Å². The fraction of sp³-hybridized carbons (Fsp3) is 0.562. The van der Waals surface area contributed by atoms with Crippen molar-refractivity contribution in [2.75, 3.05) is 31.1 Å². The zero-order chi connectivity index (χ0) is 15.5. The van der Waals surface area contributed by atoms with Crippen molar-refractivity contribution < 1.29 is 9.53 Å². The molecule has 1 fully saturated rings. The zero-order valence-corrected chi connectivity index (χ0v) is 13.7. The fourth-order valence-corrected chi connectivity index (χ4v) is 2.54. The van der Waals surface area contributed by atoms with Crippen LogP contribution in [0.1, 0.15) is 27.2 Å². The second-order valence-corrected chi connectivity index (χ2v) is 6.72. The van der Waals surface area contributed by atoms with Crippen molar-refractivity contribution in [3.05, 3.63) is 29.3 Å². The van der Waals surface area contributed by atoms with Crippen LogP contribution in [0.4, 0.5) is 10.5 Å². The summed E-state index contributed by atoms with van der Waals surface area (Å²) in [6, 6.07) is 7.84. The number of hydrogen-bond donors (Lipinski definition) is 0. The van der Waals surface area contributed by atoms with Gasteiger partial charge in [0, 0.05) is 36.9 Å². The molecule has 1 amide bonds. The van der Waals surface area contributed by atoms with Gasteiger partial charge in [0.25, 0.3) is 0 Å². The minimum atomic E-state index is -0.448. The van der Waals surface area contributed by atoms with E-state index in [4.69, 9.17) is 16.3 Å². The Balaban J connectivity index is 1.97. The zero-order valence-electron chi connectivity index (χ0n) is 12.9. The van der Waals surface area contributed by atoms with Crippen LogP contribution in [0.25, 0.3) is 0 Å². The number of carbonyl (C=O) groups excluding carboxylic acids is 1. The van der Waals surface area contributed by atoms with Crippen LogP contribution in [0.15, 0.2) is 24.3 Å². The van der Waals surface area contributed by atoms with E-state index in [0.717, 1.165) is 36.8 Å². The maximum atomic E-state index is 12.1. The second kappa shape index (κ2) is 6.56. The molecule has 0 aromatic heterocycles. The van der Waals surface area contributed by atoms with Crippen molar-refractivity contribution in [3.63, 3.8) is 0 Å². The van der Waals surface area contributed by atoms with Gasteiger partial charge in [-0.15, -0.1) is 0 Å². The number of amides is 1. The number of hydrogen-bond acceptors (Lipinski definition) is 3. The van der Waals surface area contributed by atoms with Crippen molar-refractivity contribution >= 4 is 23.4 Å². The Bertz CT molecular complexity index is 499. The SMILES string of the molecule is CC(C)(C)OC(=O)N1CCCN(c2cccc(Cl)c2)CC1. The maximum Gasteiger partial charge on any atom is 0.410 e. The number of benzene rings is 1. The van der Waals surface area contributed by atoms with Crippen LogP contribution in [-0.4, -0.2) is 42.8 Å². The first kappa shape index (κ1) is 16.0. The van der Waals surface area contributed by atoms with E-state index >= 15 is 0 Å². The molecule has 1 aliphatic heterocycles. The van der Waals surface area contributed by atoms with Gasteiger partial charge in [0.15, 0.2) is 0 Å². The maximum absolute atomic E-state index is 12.1. The van der Waals surface area contributed by atoms with E-state index in [1.54, 1.807) is 4.90 Å². The molecule has 0 saturated carbocycles. The van der Waals surface area contributed by atoms with Crippen molar-refractivity contribution in [1.82, 2.24) is 4.90 Å². The summed E-state index contributed by atoms with van der Waals surface area (Å²) < 4.78 is 5.44. The molecular weight excluding hydrogens is 288 g/mol. The summed E-state index contributed by atoms with van der Waals surface area (Å²) in [5.74, 6) is 0. The molecular formula is C16H23ClN2O2. The van der Waals surface area contributed by atoms with Crippen molar-refractivity contribution in [3.8, 4) is 0 Å². The number of rotatable bonds is 1. The minimum Gasteiger partial charge on any atom is -0.444 e. The highest BCUT2D eigenvalue weighted by Gasteiger charge is 2.24. The Labute approximate surface area is 131 Å². The quantitative estimate of drug-likeness (QED) is 0.791. The second-order valence-electron chi connectivity index (χ2n) is 6.29. The van der Waals surface area contributed by atoms with Crippen molar-refractivity contribution in [2.24, 2.45) is 0 Å². The molecule has 1 aromatic carbocycles. The Morgan fingerprint density at radius 1 is 1.19 bits per heavy atom. The molecule has 0 atom stereocenters. The Hall–Kier alpha value is -1.42. The molecule has 0 spiro atoms. The van der Waals surface area contributed by atoms with Crippen LogP contribution in [0.5, 0.6) is 0 Å². The molecule has 4 nitrogen and oxygen atoms in total. The van der Waals surface area contributed by atoms with E-state index in [2.05, 4.69) is 11.0 Å². The molecule has 0 unspecified atom stereocenters. The van der Waals surface area contributed by atoms with E-state index < -0.39 is 5.60 Å². The summed E-state index contributed by atoms with van der Waals surface area (Å²) in [5.41, 5.74) is 0.657. The topological polar surface area (TPSA) is 32.8 Å². The van der Waals surface area contributed by atoms with Gasteiger partial charge in [-0.25, -0.2) is 4.79 Å². The first-order valence-electron chi connectivity index (χ1n) is 7.33. The average molecular weight is 311 g/mol. The van der Waals surface area contributed by atoms with E-state index in [9.17, 15) is 4.79 Å². The number of carbonyl (C=O) groups is 1.